The topological polar surface area (TPSA) is 105 Å². The first kappa shape index (κ1) is 17.4. The van der Waals surface area contributed by atoms with Crippen LogP contribution >= 0.6 is 0 Å². The molecule has 1 amide bonds. The van der Waals surface area contributed by atoms with E-state index in [0.717, 1.165) is 0 Å². The minimum absolute atomic E-state index is 0.189. The first-order valence-electron chi connectivity index (χ1n) is 7.99. The molecule has 134 valence electrons. The molecule has 0 bridgehead atoms. The van der Waals surface area contributed by atoms with Crippen molar-refractivity contribution < 1.29 is 22.7 Å². The summed E-state index contributed by atoms with van der Waals surface area (Å²) in [6, 6.07) is 6.66. The zero-order chi connectivity index (χ0) is 18.0. The molecule has 0 unspecified atom stereocenters. The highest BCUT2D eigenvalue weighted by molar-refractivity contribution is 7.90. The normalized spacial score (nSPS) is 21.2. The maximum Gasteiger partial charge on any atom is 0.311 e. The van der Waals surface area contributed by atoms with Gasteiger partial charge in [0.25, 0.3) is 15.9 Å². The second-order valence-corrected chi connectivity index (χ2v) is 7.52. The number of carbonyl (C=O) groups is 2. The van der Waals surface area contributed by atoms with Crippen molar-refractivity contribution in [2.45, 2.75) is 17.7 Å². The van der Waals surface area contributed by atoms with Gasteiger partial charge in [-0.2, -0.15) is 8.42 Å². The summed E-state index contributed by atoms with van der Waals surface area (Å²) in [7, 11) is -2.22. The number of likely N-dealkylation sites (tertiary alicyclic amines) is 1. The second-order valence-electron chi connectivity index (χ2n) is 5.95. The van der Waals surface area contributed by atoms with Crippen LogP contribution in [0.25, 0.3) is 0 Å². The van der Waals surface area contributed by atoms with Gasteiger partial charge in [-0.05, 0) is 25.0 Å². The smallest absolute Gasteiger partial charge is 0.311 e. The lowest BCUT2D eigenvalue weighted by molar-refractivity contribution is -0.153. The van der Waals surface area contributed by atoms with Gasteiger partial charge in [-0.15, -0.1) is 4.40 Å². The number of amides is 1. The van der Waals surface area contributed by atoms with E-state index < -0.39 is 21.9 Å². The first-order chi connectivity index (χ1) is 11.9. The zero-order valence-corrected chi connectivity index (χ0v) is 14.6. The van der Waals surface area contributed by atoms with Crippen LogP contribution in [0.1, 0.15) is 18.4 Å². The quantitative estimate of drug-likeness (QED) is 0.764. The lowest BCUT2D eigenvalue weighted by Crippen LogP contribution is -2.43. The minimum Gasteiger partial charge on any atom is -0.455 e. The molecule has 1 aromatic carbocycles. The Kier molecular flexibility index (Phi) is 4.76. The number of nitrogens with one attached hydrogen (secondary N) is 1. The van der Waals surface area contributed by atoms with E-state index in [4.69, 9.17) is 4.74 Å². The van der Waals surface area contributed by atoms with Crippen molar-refractivity contribution in [3.8, 4) is 0 Å². The largest absolute Gasteiger partial charge is 0.455 e. The SMILES string of the molecule is CNC(=O)COC(=O)[C@H]1CCCN(C2=NS(=O)(=O)c3ccccc32)C1. The number of carbonyl (C=O) groups excluding carboxylic acids is 2. The summed E-state index contributed by atoms with van der Waals surface area (Å²) in [5.74, 6) is -0.875. The van der Waals surface area contributed by atoms with Crippen LogP contribution in [0.4, 0.5) is 0 Å². The van der Waals surface area contributed by atoms with E-state index in [-0.39, 0.29) is 17.4 Å². The van der Waals surface area contributed by atoms with Gasteiger partial charge in [0.2, 0.25) is 0 Å². The fourth-order valence-electron chi connectivity index (χ4n) is 3.01. The van der Waals surface area contributed by atoms with Crippen LogP contribution in [-0.2, 0) is 24.3 Å². The number of piperidine rings is 1. The molecule has 1 saturated heterocycles. The molecule has 1 atom stereocenters. The summed E-state index contributed by atoms with van der Waals surface area (Å²) in [6.07, 6.45) is 1.34. The van der Waals surface area contributed by atoms with Crippen LogP contribution in [0.15, 0.2) is 33.6 Å². The number of esters is 1. The van der Waals surface area contributed by atoms with E-state index in [1.54, 1.807) is 23.1 Å². The number of ether oxygens (including phenoxy) is 1. The molecule has 0 aromatic heterocycles. The summed E-state index contributed by atoms with van der Waals surface area (Å²) in [5, 5.41) is 2.38. The summed E-state index contributed by atoms with van der Waals surface area (Å²) in [5.41, 5.74) is 0.557. The molecule has 3 rings (SSSR count). The Morgan fingerprint density at radius 3 is 2.88 bits per heavy atom. The molecule has 1 N–H and O–H groups in total. The number of nitrogens with zero attached hydrogens (tertiary/aromatic N) is 2. The number of amidine groups is 1. The van der Waals surface area contributed by atoms with E-state index >= 15 is 0 Å². The molecular weight excluding hydrogens is 346 g/mol. The van der Waals surface area contributed by atoms with Crippen molar-refractivity contribution in [2.24, 2.45) is 10.3 Å². The average Bonchev–Trinajstić information content (AvgIpc) is 2.91. The summed E-state index contributed by atoms with van der Waals surface area (Å²) in [6.45, 7) is 0.612. The van der Waals surface area contributed by atoms with Gasteiger partial charge >= 0.3 is 5.97 Å². The summed E-state index contributed by atoms with van der Waals surface area (Å²) < 4.78 is 33.3. The lowest BCUT2D eigenvalue weighted by Gasteiger charge is -2.32. The van der Waals surface area contributed by atoms with Crippen molar-refractivity contribution in [2.75, 3.05) is 26.7 Å². The molecule has 25 heavy (non-hydrogen) atoms. The van der Waals surface area contributed by atoms with Gasteiger partial charge in [0.05, 0.1) is 5.92 Å². The lowest BCUT2D eigenvalue weighted by atomic mass is 9.97. The van der Waals surface area contributed by atoms with Crippen LogP contribution in [0.2, 0.25) is 0 Å². The van der Waals surface area contributed by atoms with E-state index in [1.807, 2.05) is 0 Å². The van der Waals surface area contributed by atoms with Crippen molar-refractivity contribution in [1.29, 1.82) is 0 Å². The number of fused-ring (bicyclic) bond motifs is 1. The highest BCUT2D eigenvalue weighted by atomic mass is 32.2. The number of rotatable bonds is 3. The van der Waals surface area contributed by atoms with Crippen LogP contribution in [-0.4, -0.2) is 57.8 Å². The number of likely N-dealkylation sites (N-methyl/N-ethyl adjacent to an activating group) is 1. The Bertz CT molecular complexity index is 834. The van der Waals surface area contributed by atoms with E-state index in [1.165, 1.54) is 13.1 Å². The zero-order valence-electron chi connectivity index (χ0n) is 13.8. The highest BCUT2D eigenvalue weighted by Crippen LogP contribution is 2.29. The predicted molar refractivity (Wildman–Crippen MR) is 89.5 cm³/mol. The van der Waals surface area contributed by atoms with Gasteiger partial charge < -0.3 is 15.0 Å². The Morgan fingerprint density at radius 1 is 1.36 bits per heavy atom. The van der Waals surface area contributed by atoms with E-state index in [9.17, 15) is 18.0 Å². The molecule has 1 aromatic rings. The van der Waals surface area contributed by atoms with Gasteiger partial charge in [-0.1, -0.05) is 12.1 Å². The number of benzene rings is 1. The average molecular weight is 365 g/mol. The molecular formula is C16H19N3O5S. The Morgan fingerprint density at radius 2 is 2.12 bits per heavy atom. The number of hydrogen-bond donors (Lipinski definition) is 1. The molecule has 2 heterocycles. The maximum absolute atomic E-state index is 12.2. The van der Waals surface area contributed by atoms with Crippen LogP contribution in [0.3, 0.4) is 0 Å². The van der Waals surface area contributed by atoms with E-state index in [2.05, 4.69) is 9.71 Å². The predicted octanol–water partition coefficient (Wildman–Crippen LogP) is 0.137. The Hall–Kier alpha value is -2.42. The molecule has 1 fully saturated rings. The first-order valence-corrected chi connectivity index (χ1v) is 9.43. The summed E-state index contributed by atoms with van der Waals surface area (Å²) >= 11 is 0. The second kappa shape index (κ2) is 6.83. The number of hydrogen-bond acceptors (Lipinski definition) is 6. The third kappa shape index (κ3) is 3.51. The molecule has 0 spiro atoms. The molecule has 2 aliphatic heterocycles. The fraction of sp³-hybridized carbons (Fsp3) is 0.438. The van der Waals surface area contributed by atoms with Crippen LogP contribution in [0.5, 0.6) is 0 Å². The van der Waals surface area contributed by atoms with Gasteiger partial charge in [0.15, 0.2) is 12.4 Å². The van der Waals surface area contributed by atoms with Gasteiger partial charge in [0.1, 0.15) is 4.90 Å². The van der Waals surface area contributed by atoms with E-state index in [0.29, 0.717) is 37.3 Å². The van der Waals surface area contributed by atoms with Gasteiger partial charge in [0, 0.05) is 25.7 Å². The van der Waals surface area contributed by atoms with Gasteiger partial charge in [-0.25, -0.2) is 0 Å². The fourth-order valence-corrected chi connectivity index (χ4v) is 4.23. The molecule has 0 saturated carbocycles. The minimum atomic E-state index is -3.69. The van der Waals surface area contributed by atoms with Crippen LogP contribution in [0, 0.1) is 5.92 Å². The standard InChI is InChI=1S/C16H19N3O5S/c1-17-14(20)10-24-16(21)11-5-4-8-19(9-11)15-12-6-2-3-7-13(12)25(22,23)18-15/h2-3,6-7,11H,4-5,8-10H2,1H3,(H,17,20)/t11-/m0/s1. The van der Waals surface area contributed by atoms with Crippen LogP contribution < -0.4 is 5.32 Å². The third-order valence-electron chi connectivity index (χ3n) is 4.29. The molecule has 9 heteroatoms. The van der Waals surface area contributed by atoms with Crippen molar-refractivity contribution in [1.82, 2.24) is 10.2 Å². The molecule has 8 nitrogen and oxygen atoms in total. The van der Waals surface area contributed by atoms with Crippen molar-refractivity contribution in [3.05, 3.63) is 29.8 Å². The third-order valence-corrected chi connectivity index (χ3v) is 5.62. The Balaban J connectivity index is 1.74. The molecule has 2 aliphatic rings. The molecule has 0 aliphatic carbocycles. The van der Waals surface area contributed by atoms with Gasteiger partial charge in [-0.3, -0.25) is 9.59 Å². The maximum atomic E-state index is 12.2. The molecule has 0 radical (unpaired) electrons. The van der Waals surface area contributed by atoms with Crippen molar-refractivity contribution >= 4 is 27.7 Å². The van der Waals surface area contributed by atoms with Crippen molar-refractivity contribution in [3.63, 3.8) is 0 Å². The highest BCUT2D eigenvalue weighted by Gasteiger charge is 2.35. The summed E-state index contributed by atoms with van der Waals surface area (Å²) in [4.78, 5) is 25.4. The Labute approximate surface area is 145 Å². The number of sulfonamides is 1. The monoisotopic (exact) mass is 365 g/mol.